The molecular formula is C14H21NO5. The lowest BCUT2D eigenvalue weighted by Gasteiger charge is -2.34. The van der Waals surface area contributed by atoms with Crippen molar-refractivity contribution in [3.05, 3.63) is 0 Å². The van der Waals surface area contributed by atoms with Gasteiger partial charge in [-0.05, 0) is 26.7 Å². The second-order valence-corrected chi connectivity index (χ2v) is 5.18. The van der Waals surface area contributed by atoms with E-state index in [-0.39, 0.29) is 36.8 Å². The molecule has 2 aliphatic rings. The molecule has 0 radical (unpaired) electrons. The van der Waals surface area contributed by atoms with Gasteiger partial charge in [-0.1, -0.05) is 0 Å². The fraction of sp³-hybridized carbons (Fsp3) is 0.786. The maximum absolute atomic E-state index is 12.4. The fourth-order valence-corrected chi connectivity index (χ4v) is 3.39. The van der Waals surface area contributed by atoms with E-state index < -0.39 is 5.54 Å². The number of esters is 2. The van der Waals surface area contributed by atoms with Gasteiger partial charge in [0.05, 0.1) is 19.6 Å². The Labute approximate surface area is 118 Å². The quantitative estimate of drug-likeness (QED) is 0.700. The molecule has 0 aliphatic carbocycles. The normalized spacial score (nSPS) is 28.4. The average Bonchev–Trinajstić information content (AvgIpc) is 2.91. The molecule has 0 saturated carbocycles. The third kappa shape index (κ3) is 2.27. The molecule has 2 heterocycles. The van der Waals surface area contributed by atoms with Gasteiger partial charge in [0.2, 0.25) is 5.91 Å². The van der Waals surface area contributed by atoms with E-state index in [9.17, 15) is 14.4 Å². The zero-order chi connectivity index (χ0) is 14.8. The average molecular weight is 283 g/mol. The van der Waals surface area contributed by atoms with Gasteiger partial charge in [0, 0.05) is 18.9 Å². The summed E-state index contributed by atoms with van der Waals surface area (Å²) in [4.78, 5) is 37.6. The van der Waals surface area contributed by atoms with Gasteiger partial charge in [-0.3, -0.25) is 9.59 Å². The minimum absolute atomic E-state index is 0.0237. The van der Waals surface area contributed by atoms with Crippen LogP contribution < -0.4 is 0 Å². The topological polar surface area (TPSA) is 72.9 Å². The monoisotopic (exact) mass is 283 g/mol. The van der Waals surface area contributed by atoms with Crippen LogP contribution in [0.25, 0.3) is 0 Å². The first-order chi connectivity index (χ1) is 9.56. The smallest absolute Gasteiger partial charge is 0.332 e. The van der Waals surface area contributed by atoms with Crippen molar-refractivity contribution in [2.24, 2.45) is 5.92 Å². The van der Waals surface area contributed by atoms with Crippen molar-refractivity contribution in [1.29, 1.82) is 0 Å². The zero-order valence-electron chi connectivity index (χ0n) is 12.0. The van der Waals surface area contributed by atoms with Crippen LogP contribution in [0.2, 0.25) is 0 Å². The largest absolute Gasteiger partial charge is 0.466 e. The first kappa shape index (κ1) is 14.8. The molecule has 0 aromatic carbocycles. The Bertz CT molecular complexity index is 422. The van der Waals surface area contributed by atoms with Crippen LogP contribution in [0.4, 0.5) is 0 Å². The van der Waals surface area contributed by atoms with Gasteiger partial charge >= 0.3 is 11.9 Å². The molecule has 6 nitrogen and oxygen atoms in total. The van der Waals surface area contributed by atoms with Crippen LogP contribution in [-0.2, 0) is 23.9 Å². The Hall–Kier alpha value is -1.59. The number of rotatable bonds is 5. The Morgan fingerprint density at radius 3 is 2.65 bits per heavy atom. The number of nitrogens with zero attached hydrogens (tertiary/aromatic N) is 1. The summed E-state index contributed by atoms with van der Waals surface area (Å²) >= 11 is 0. The Kier molecular flexibility index (Phi) is 4.30. The molecule has 6 heteroatoms. The van der Waals surface area contributed by atoms with E-state index in [4.69, 9.17) is 9.47 Å². The van der Waals surface area contributed by atoms with Crippen LogP contribution in [0.3, 0.4) is 0 Å². The standard InChI is InChI=1S/C14H21NO5/c1-3-19-12(17)9-10-6-8-15-11(16)5-7-14(10,15)13(18)20-4-2/h10H,3-9H2,1-2H3. The molecule has 2 unspecified atom stereocenters. The first-order valence-corrected chi connectivity index (χ1v) is 7.19. The van der Waals surface area contributed by atoms with Gasteiger partial charge in [0.15, 0.2) is 0 Å². The molecule has 1 amide bonds. The lowest BCUT2D eigenvalue weighted by atomic mass is 9.81. The molecular weight excluding hydrogens is 262 g/mol. The molecule has 0 spiro atoms. The second kappa shape index (κ2) is 5.81. The van der Waals surface area contributed by atoms with Crippen molar-refractivity contribution >= 4 is 17.8 Å². The van der Waals surface area contributed by atoms with Crippen molar-refractivity contribution in [2.45, 2.75) is 45.1 Å². The highest BCUT2D eigenvalue weighted by molar-refractivity contribution is 5.93. The summed E-state index contributed by atoms with van der Waals surface area (Å²) in [6, 6.07) is 0. The summed E-state index contributed by atoms with van der Waals surface area (Å²) in [5.41, 5.74) is -0.945. The van der Waals surface area contributed by atoms with E-state index in [1.54, 1.807) is 18.7 Å². The highest BCUT2D eigenvalue weighted by atomic mass is 16.5. The Morgan fingerprint density at radius 1 is 1.30 bits per heavy atom. The fourth-order valence-electron chi connectivity index (χ4n) is 3.39. The van der Waals surface area contributed by atoms with Crippen LogP contribution in [-0.4, -0.2) is 48.0 Å². The predicted octanol–water partition coefficient (Wildman–Crippen LogP) is 0.884. The number of ether oxygens (including phenoxy) is 2. The molecule has 2 saturated heterocycles. The zero-order valence-corrected chi connectivity index (χ0v) is 12.0. The van der Waals surface area contributed by atoms with Gasteiger partial charge in [0.25, 0.3) is 0 Å². The van der Waals surface area contributed by atoms with Crippen LogP contribution in [0.5, 0.6) is 0 Å². The molecule has 2 aliphatic heterocycles. The van der Waals surface area contributed by atoms with Gasteiger partial charge < -0.3 is 14.4 Å². The third-order valence-corrected chi connectivity index (χ3v) is 4.23. The molecule has 20 heavy (non-hydrogen) atoms. The molecule has 0 N–H and O–H groups in total. The highest BCUT2D eigenvalue weighted by Gasteiger charge is 2.60. The third-order valence-electron chi connectivity index (χ3n) is 4.23. The lowest BCUT2D eigenvalue weighted by molar-refractivity contribution is -0.161. The first-order valence-electron chi connectivity index (χ1n) is 7.19. The molecule has 2 atom stereocenters. The van der Waals surface area contributed by atoms with Crippen molar-refractivity contribution < 1.29 is 23.9 Å². The molecule has 112 valence electrons. The van der Waals surface area contributed by atoms with Crippen LogP contribution in [0.15, 0.2) is 0 Å². The molecule has 0 bridgehead atoms. The van der Waals surface area contributed by atoms with Crippen LogP contribution in [0.1, 0.15) is 39.5 Å². The Balaban J connectivity index is 2.21. The maximum atomic E-state index is 12.4. The van der Waals surface area contributed by atoms with E-state index in [1.165, 1.54) is 0 Å². The summed E-state index contributed by atoms with van der Waals surface area (Å²) in [5, 5.41) is 0. The number of carbonyl (C=O) groups excluding carboxylic acids is 3. The van der Waals surface area contributed by atoms with Crippen LogP contribution in [0, 0.1) is 5.92 Å². The number of fused-ring (bicyclic) bond motifs is 1. The highest BCUT2D eigenvalue weighted by Crippen LogP contribution is 2.46. The summed E-state index contributed by atoms with van der Waals surface area (Å²) in [7, 11) is 0. The van der Waals surface area contributed by atoms with E-state index in [2.05, 4.69) is 0 Å². The molecule has 0 aromatic heterocycles. The van der Waals surface area contributed by atoms with Crippen molar-refractivity contribution in [3.8, 4) is 0 Å². The van der Waals surface area contributed by atoms with Gasteiger partial charge in [0.1, 0.15) is 5.54 Å². The predicted molar refractivity (Wildman–Crippen MR) is 69.7 cm³/mol. The Morgan fingerprint density at radius 2 is 2.00 bits per heavy atom. The summed E-state index contributed by atoms with van der Waals surface area (Å²) in [5.74, 6) is -0.920. The van der Waals surface area contributed by atoms with E-state index >= 15 is 0 Å². The van der Waals surface area contributed by atoms with E-state index in [1.807, 2.05) is 0 Å². The van der Waals surface area contributed by atoms with Crippen LogP contribution >= 0.6 is 0 Å². The minimum atomic E-state index is -0.945. The molecule has 2 rings (SSSR count). The SMILES string of the molecule is CCOC(=O)CC1CCN2C(=O)CCC12C(=O)OCC. The van der Waals surface area contributed by atoms with Crippen molar-refractivity contribution in [1.82, 2.24) is 4.90 Å². The van der Waals surface area contributed by atoms with Gasteiger partial charge in [-0.15, -0.1) is 0 Å². The van der Waals surface area contributed by atoms with Crippen molar-refractivity contribution in [3.63, 3.8) is 0 Å². The van der Waals surface area contributed by atoms with E-state index in [0.717, 1.165) is 0 Å². The number of hydrogen-bond acceptors (Lipinski definition) is 5. The van der Waals surface area contributed by atoms with Gasteiger partial charge in [-0.2, -0.15) is 0 Å². The van der Waals surface area contributed by atoms with Crippen molar-refractivity contribution in [2.75, 3.05) is 19.8 Å². The lowest BCUT2D eigenvalue weighted by Crippen LogP contribution is -2.52. The minimum Gasteiger partial charge on any atom is -0.466 e. The maximum Gasteiger partial charge on any atom is 0.332 e. The summed E-state index contributed by atoms with van der Waals surface area (Å²) < 4.78 is 10.1. The number of carbonyl (C=O) groups is 3. The second-order valence-electron chi connectivity index (χ2n) is 5.18. The summed E-state index contributed by atoms with van der Waals surface area (Å²) in [6.45, 7) is 4.60. The number of amides is 1. The van der Waals surface area contributed by atoms with E-state index in [0.29, 0.717) is 32.4 Å². The molecule has 0 aromatic rings. The van der Waals surface area contributed by atoms with Gasteiger partial charge in [-0.25, -0.2) is 4.79 Å². The number of hydrogen-bond donors (Lipinski definition) is 0. The summed E-state index contributed by atoms with van der Waals surface area (Å²) in [6.07, 6.45) is 1.59. The molecule has 2 fully saturated rings.